The summed E-state index contributed by atoms with van der Waals surface area (Å²) in [7, 11) is 0. The molecule has 0 rings (SSSR count). The second kappa shape index (κ2) is 6.15. The minimum absolute atomic E-state index is 0.339. The third-order valence-corrected chi connectivity index (χ3v) is 1.14. The van der Waals surface area contributed by atoms with Gasteiger partial charge in [-0.15, -0.1) is 6.58 Å². The fourth-order valence-electron chi connectivity index (χ4n) is 0.541. The molecule has 0 saturated carbocycles. The van der Waals surface area contributed by atoms with Crippen LogP contribution >= 0.6 is 0 Å². The number of primary amides is 1. The molecule has 0 spiro atoms. The molecule has 2 amide bonds. The van der Waals surface area contributed by atoms with Crippen molar-refractivity contribution in [3.8, 4) is 0 Å². The van der Waals surface area contributed by atoms with Crippen LogP contribution in [0.2, 0.25) is 0 Å². The molecule has 0 aromatic heterocycles. The highest BCUT2D eigenvalue weighted by Gasteiger charge is 2.11. The largest absolute Gasteiger partial charge is 0.368 e. The molecule has 6 nitrogen and oxygen atoms in total. The molecule has 6 heteroatoms. The predicted molar refractivity (Wildman–Crippen MR) is 46.1 cm³/mol. The van der Waals surface area contributed by atoms with Gasteiger partial charge in [-0.3, -0.25) is 14.4 Å². The highest BCUT2D eigenvalue weighted by Crippen LogP contribution is 1.87. The number of amides is 2. The molecule has 13 heavy (non-hydrogen) atoms. The summed E-state index contributed by atoms with van der Waals surface area (Å²) in [6.45, 7) is 3.05. The Bertz CT molecular complexity index is 205. The van der Waals surface area contributed by atoms with Crippen LogP contribution in [-0.2, 0) is 14.4 Å². The summed E-state index contributed by atoms with van der Waals surface area (Å²) in [6, 6.07) is -0.717. The van der Waals surface area contributed by atoms with Gasteiger partial charge in [-0.25, -0.2) is 5.48 Å². The van der Waals surface area contributed by atoms with Gasteiger partial charge in [0, 0.05) is 0 Å². The van der Waals surface area contributed by atoms with Crippen molar-refractivity contribution in [2.75, 3.05) is 6.61 Å². The van der Waals surface area contributed by atoms with Gasteiger partial charge >= 0.3 is 0 Å². The topological polar surface area (TPSA) is 107 Å². The molecule has 0 aromatic carbocycles. The minimum Gasteiger partial charge on any atom is -0.368 e. The molecule has 0 heterocycles. The van der Waals surface area contributed by atoms with E-state index in [0.717, 1.165) is 0 Å². The SMILES string of the molecule is C=CCC(N)C(=O)NOCC(N)=O. The van der Waals surface area contributed by atoms with E-state index in [2.05, 4.69) is 11.4 Å². The number of rotatable bonds is 6. The fraction of sp³-hybridized carbons (Fsp3) is 0.429. The van der Waals surface area contributed by atoms with Crippen LogP contribution in [0.5, 0.6) is 0 Å². The lowest BCUT2D eigenvalue weighted by Crippen LogP contribution is -2.41. The maximum absolute atomic E-state index is 11.0. The summed E-state index contributed by atoms with van der Waals surface area (Å²) in [4.78, 5) is 25.6. The first kappa shape index (κ1) is 11.6. The molecule has 74 valence electrons. The number of hydrogen-bond acceptors (Lipinski definition) is 4. The van der Waals surface area contributed by atoms with E-state index in [4.69, 9.17) is 11.5 Å². The standard InChI is InChI=1S/C7H13N3O3/c1-2-3-5(8)7(12)10-13-4-6(9)11/h2,5H,1,3-4,8H2,(H2,9,11)(H,10,12). The second-order valence-corrected chi connectivity index (χ2v) is 2.35. The molecule has 0 radical (unpaired) electrons. The number of carbonyl (C=O) groups is 2. The molecule has 0 aliphatic rings. The van der Waals surface area contributed by atoms with Crippen molar-refractivity contribution in [1.82, 2.24) is 5.48 Å². The highest BCUT2D eigenvalue weighted by atomic mass is 16.7. The van der Waals surface area contributed by atoms with Crippen molar-refractivity contribution in [3.05, 3.63) is 12.7 Å². The Morgan fingerprint density at radius 3 is 2.69 bits per heavy atom. The van der Waals surface area contributed by atoms with Crippen LogP contribution < -0.4 is 16.9 Å². The lowest BCUT2D eigenvalue weighted by atomic mass is 10.2. The molecule has 0 aliphatic carbocycles. The molecule has 0 bridgehead atoms. The molecule has 0 saturated heterocycles. The number of nitrogens with two attached hydrogens (primary N) is 2. The molecule has 5 N–H and O–H groups in total. The highest BCUT2D eigenvalue weighted by molar-refractivity contribution is 5.81. The van der Waals surface area contributed by atoms with Crippen LogP contribution in [-0.4, -0.2) is 24.5 Å². The summed E-state index contributed by atoms with van der Waals surface area (Å²) in [6.07, 6.45) is 1.85. The van der Waals surface area contributed by atoms with E-state index in [-0.39, 0.29) is 6.61 Å². The van der Waals surface area contributed by atoms with Crippen LogP contribution in [0.4, 0.5) is 0 Å². The molecule has 0 aliphatic heterocycles. The van der Waals surface area contributed by atoms with E-state index in [1.807, 2.05) is 5.48 Å². The van der Waals surface area contributed by atoms with Crippen molar-refractivity contribution < 1.29 is 14.4 Å². The number of hydroxylamine groups is 1. The van der Waals surface area contributed by atoms with Crippen molar-refractivity contribution in [3.63, 3.8) is 0 Å². The summed E-state index contributed by atoms with van der Waals surface area (Å²) >= 11 is 0. The van der Waals surface area contributed by atoms with E-state index in [1.54, 1.807) is 0 Å². The van der Waals surface area contributed by atoms with Gasteiger partial charge in [0.2, 0.25) is 5.91 Å². The Balaban J connectivity index is 3.61. The summed E-state index contributed by atoms with van der Waals surface area (Å²) in [5, 5.41) is 0. The zero-order valence-electron chi connectivity index (χ0n) is 7.16. The van der Waals surface area contributed by atoms with Gasteiger partial charge in [0.25, 0.3) is 5.91 Å². The van der Waals surface area contributed by atoms with Crippen LogP contribution in [0.25, 0.3) is 0 Å². The Kier molecular flexibility index (Phi) is 5.49. The van der Waals surface area contributed by atoms with Gasteiger partial charge in [-0.1, -0.05) is 6.08 Å². The van der Waals surface area contributed by atoms with Crippen molar-refractivity contribution in [2.45, 2.75) is 12.5 Å². The first-order chi connectivity index (χ1) is 6.07. The third kappa shape index (κ3) is 5.83. The van der Waals surface area contributed by atoms with E-state index in [1.165, 1.54) is 6.08 Å². The minimum atomic E-state index is -0.717. The average Bonchev–Trinajstić information content (AvgIpc) is 2.04. The lowest BCUT2D eigenvalue weighted by molar-refractivity contribution is -0.138. The third-order valence-electron chi connectivity index (χ3n) is 1.14. The Hall–Kier alpha value is -1.40. The average molecular weight is 187 g/mol. The van der Waals surface area contributed by atoms with Crippen LogP contribution in [0.1, 0.15) is 6.42 Å². The monoisotopic (exact) mass is 187 g/mol. The van der Waals surface area contributed by atoms with Crippen LogP contribution in [0, 0.1) is 0 Å². The normalized spacial score (nSPS) is 11.8. The summed E-state index contributed by atoms with van der Waals surface area (Å²) in [5.74, 6) is -1.18. The van der Waals surface area contributed by atoms with Gasteiger partial charge in [0.15, 0.2) is 6.61 Å². The van der Waals surface area contributed by atoms with Crippen LogP contribution in [0.15, 0.2) is 12.7 Å². The molecule has 1 unspecified atom stereocenters. The number of hydrogen-bond donors (Lipinski definition) is 3. The lowest BCUT2D eigenvalue weighted by Gasteiger charge is -2.08. The summed E-state index contributed by atoms with van der Waals surface area (Å²) in [5.41, 5.74) is 12.1. The Morgan fingerprint density at radius 1 is 1.62 bits per heavy atom. The van der Waals surface area contributed by atoms with Gasteiger partial charge in [0.1, 0.15) is 0 Å². The summed E-state index contributed by atoms with van der Waals surface area (Å²) < 4.78 is 0. The first-order valence-corrected chi connectivity index (χ1v) is 3.64. The van der Waals surface area contributed by atoms with Gasteiger partial charge in [-0.2, -0.15) is 0 Å². The number of carbonyl (C=O) groups excluding carboxylic acids is 2. The molecule has 1 atom stereocenters. The zero-order chi connectivity index (χ0) is 10.3. The van der Waals surface area contributed by atoms with Crippen molar-refractivity contribution >= 4 is 11.8 Å². The Morgan fingerprint density at radius 2 is 2.23 bits per heavy atom. The van der Waals surface area contributed by atoms with Crippen molar-refractivity contribution in [1.29, 1.82) is 0 Å². The van der Waals surface area contributed by atoms with Gasteiger partial charge in [0.05, 0.1) is 6.04 Å². The molecule has 0 fully saturated rings. The number of nitrogens with one attached hydrogen (secondary N) is 1. The second-order valence-electron chi connectivity index (χ2n) is 2.35. The maximum Gasteiger partial charge on any atom is 0.260 e. The maximum atomic E-state index is 11.0. The van der Waals surface area contributed by atoms with Gasteiger partial charge in [-0.05, 0) is 6.42 Å². The van der Waals surface area contributed by atoms with E-state index in [9.17, 15) is 9.59 Å². The van der Waals surface area contributed by atoms with E-state index >= 15 is 0 Å². The predicted octanol–water partition coefficient (Wildman–Crippen LogP) is -1.58. The smallest absolute Gasteiger partial charge is 0.260 e. The first-order valence-electron chi connectivity index (χ1n) is 3.64. The molecular weight excluding hydrogens is 174 g/mol. The quantitative estimate of drug-likeness (QED) is 0.344. The van der Waals surface area contributed by atoms with Gasteiger partial charge < -0.3 is 11.5 Å². The van der Waals surface area contributed by atoms with E-state index in [0.29, 0.717) is 6.42 Å². The van der Waals surface area contributed by atoms with E-state index < -0.39 is 17.9 Å². The molecular formula is C7H13N3O3. The molecule has 0 aromatic rings. The Labute approximate surface area is 75.9 Å². The zero-order valence-corrected chi connectivity index (χ0v) is 7.16. The van der Waals surface area contributed by atoms with Crippen molar-refractivity contribution in [2.24, 2.45) is 11.5 Å². The van der Waals surface area contributed by atoms with Crippen LogP contribution in [0.3, 0.4) is 0 Å². The fourth-order valence-corrected chi connectivity index (χ4v) is 0.541.